The van der Waals surface area contributed by atoms with Crippen LogP contribution in [0.3, 0.4) is 0 Å². The number of rotatable bonds is 7. The Labute approximate surface area is 153 Å². The van der Waals surface area contributed by atoms with E-state index in [4.69, 9.17) is 0 Å². The summed E-state index contributed by atoms with van der Waals surface area (Å²) in [6.07, 6.45) is 1.80. The molecule has 0 fully saturated rings. The van der Waals surface area contributed by atoms with E-state index < -0.39 is 0 Å². The van der Waals surface area contributed by atoms with Crippen molar-refractivity contribution in [1.29, 1.82) is 0 Å². The highest BCUT2D eigenvalue weighted by molar-refractivity contribution is 8.04. The molecular weight excluding hydrogens is 358 g/mol. The largest absolute Gasteiger partial charge is 0.360 e. The van der Waals surface area contributed by atoms with Gasteiger partial charge in [0.15, 0.2) is 14.5 Å². The van der Waals surface area contributed by atoms with Crippen molar-refractivity contribution in [1.82, 2.24) is 15.2 Å². The summed E-state index contributed by atoms with van der Waals surface area (Å²) in [6, 6.07) is 7.87. The fraction of sp³-hybridized carbons (Fsp3) is 0.353. The van der Waals surface area contributed by atoms with E-state index in [2.05, 4.69) is 29.0 Å². The highest BCUT2D eigenvalue weighted by Gasteiger charge is 2.21. The second kappa shape index (κ2) is 7.72. The summed E-state index contributed by atoms with van der Waals surface area (Å²) < 4.78 is 1.82. The molecule has 0 amide bonds. The van der Waals surface area contributed by atoms with Gasteiger partial charge in [-0.3, -0.25) is 4.79 Å². The molecule has 3 aromatic rings. The lowest BCUT2D eigenvalue weighted by atomic mass is 10.1. The van der Waals surface area contributed by atoms with Crippen molar-refractivity contribution < 1.29 is 4.79 Å². The first kappa shape index (κ1) is 17.5. The fourth-order valence-corrected chi connectivity index (χ4v) is 5.45. The van der Waals surface area contributed by atoms with Gasteiger partial charge in [-0.05, 0) is 18.9 Å². The summed E-state index contributed by atoms with van der Waals surface area (Å²) in [5.41, 5.74) is 1.73. The number of nitrogens with zero attached hydrogens (tertiary/aromatic N) is 2. The van der Waals surface area contributed by atoms with Gasteiger partial charge in [-0.2, -0.15) is 0 Å². The molecule has 1 aromatic carbocycles. The number of hydrogen-bond donors (Lipinski definition) is 1. The fourth-order valence-electron chi connectivity index (χ4n) is 2.24. The van der Waals surface area contributed by atoms with Crippen LogP contribution < -0.4 is 0 Å². The van der Waals surface area contributed by atoms with E-state index in [1.807, 2.05) is 31.2 Å². The second-order valence-corrected chi connectivity index (χ2v) is 9.74. The van der Waals surface area contributed by atoms with Crippen LogP contribution in [-0.2, 0) is 0 Å². The molecule has 0 saturated carbocycles. The number of carbonyl (C=O) groups excluding carboxylic acids is 1. The Morgan fingerprint density at radius 3 is 2.75 bits per heavy atom. The zero-order valence-corrected chi connectivity index (χ0v) is 16.2. The summed E-state index contributed by atoms with van der Waals surface area (Å²) in [6.45, 7) is 6.30. The van der Waals surface area contributed by atoms with Crippen molar-refractivity contribution in [3.8, 4) is 0 Å². The number of ketones is 1. The number of para-hydroxylation sites is 1. The van der Waals surface area contributed by atoms with E-state index in [1.165, 1.54) is 11.8 Å². The Morgan fingerprint density at radius 1 is 1.21 bits per heavy atom. The molecule has 126 valence electrons. The van der Waals surface area contributed by atoms with Gasteiger partial charge in [-0.25, -0.2) is 0 Å². The quantitative estimate of drug-likeness (QED) is 0.457. The number of aromatic nitrogens is 3. The second-order valence-electron chi connectivity index (χ2n) is 5.91. The number of nitrogens with one attached hydrogen (secondary N) is 1. The molecule has 7 heteroatoms. The molecule has 2 heterocycles. The summed E-state index contributed by atoms with van der Waals surface area (Å²) in [5, 5.41) is 9.20. The molecule has 0 unspecified atom stereocenters. The summed E-state index contributed by atoms with van der Waals surface area (Å²) >= 11 is 4.77. The lowest BCUT2D eigenvalue weighted by Gasteiger charge is -2.06. The van der Waals surface area contributed by atoms with Crippen LogP contribution in [0.15, 0.2) is 39.1 Å². The van der Waals surface area contributed by atoms with Gasteiger partial charge in [0.1, 0.15) is 0 Å². The van der Waals surface area contributed by atoms with Crippen LogP contribution >= 0.6 is 34.9 Å². The first-order valence-corrected chi connectivity index (χ1v) is 10.5. The number of aromatic amines is 1. The van der Waals surface area contributed by atoms with Crippen LogP contribution in [0, 0.1) is 5.92 Å². The number of Topliss-reactive ketones (excluding diaryl/α,β-unsaturated/α-hetero) is 1. The maximum Gasteiger partial charge on any atom is 0.178 e. The third-order valence-electron chi connectivity index (χ3n) is 3.43. The third-order valence-corrected chi connectivity index (χ3v) is 7.10. The Balaban J connectivity index is 1.68. The van der Waals surface area contributed by atoms with E-state index in [-0.39, 0.29) is 11.0 Å². The Bertz CT molecular complexity index is 840. The number of H-pyrrole nitrogens is 1. The van der Waals surface area contributed by atoms with Crippen LogP contribution in [0.2, 0.25) is 0 Å². The molecular formula is C17H19N3OS3. The van der Waals surface area contributed by atoms with Crippen LogP contribution in [-0.4, -0.2) is 32.0 Å². The molecule has 3 rings (SSSR count). The summed E-state index contributed by atoms with van der Waals surface area (Å²) in [7, 11) is 0. The first-order valence-electron chi connectivity index (χ1n) is 7.78. The third kappa shape index (κ3) is 4.02. The van der Waals surface area contributed by atoms with Crippen LogP contribution in [0.25, 0.3) is 10.9 Å². The van der Waals surface area contributed by atoms with Crippen molar-refractivity contribution in [2.24, 2.45) is 5.92 Å². The van der Waals surface area contributed by atoms with Crippen LogP contribution in [0.5, 0.6) is 0 Å². The van der Waals surface area contributed by atoms with Gasteiger partial charge >= 0.3 is 0 Å². The molecule has 2 aromatic heterocycles. The first-order chi connectivity index (χ1) is 11.5. The highest BCUT2D eigenvalue weighted by Crippen LogP contribution is 2.33. The molecule has 0 spiro atoms. The van der Waals surface area contributed by atoms with Crippen molar-refractivity contribution in [3.63, 3.8) is 0 Å². The molecule has 0 saturated heterocycles. The molecule has 1 atom stereocenters. The van der Waals surface area contributed by atoms with Gasteiger partial charge < -0.3 is 4.98 Å². The standard InChI is InChI=1S/C17H19N3OS3/c1-10(2)9-22-16-19-20-17(24-16)23-11(3)15(21)13-8-18-14-7-5-4-6-12(13)14/h4-8,10-11,18H,9H2,1-3H3/t11-/m0/s1. The number of hydrogen-bond acceptors (Lipinski definition) is 6. The molecule has 0 aliphatic heterocycles. The Hall–Kier alpha value is -1.31. The van der Waals surface area contributed by atoms with Crippen LogP contribution in [0.4, 0.5) is 0 Å². The minimum atomic E-state index is -0.194. The number of thioether (sulfide) groups is 2. The average molecular weight is 378 g/mol. The van der Waals surface area contributed by atoms with Crippen molar-refractivity contribution >= 4 is 51.5 Å². The SMILES string of the molecule is CC(C)CSc1nnc(S[C@@H](C)C(=O)c2c[nH]c3ccccc23)s1. The van der Waals surface area contributed by atoms with Gasteiger partial charge in [0.05, 0.1) is 5.25 Å². The van der Waals surface area contributed by atoms with Gasteiger partial charge in [0.2, 0.25) is 0 Å². The molecule has 24 heavy (non-hydrogen) atoms. The van der Waals surface area contributed by atoms with Gasteiger partial charge in [0, 0.05) is 28.4 Å². The van der Waals surface area contributed by atoms with Crippen molar-refractivity contribution in [3.05, 3.63) is 36.0 Å². The Morgan fingerprint density at radius 2 is 1.96 bits per heavy atom. The molecule has 4 nitrogen and oxygen atoms in total. The molecule has 0 aliphatic carbocycles. The Kier molecular flexibility index (Phi) is 5.63. The maximum absolute atomic E-state index is 12.8. The summed E-state index contributed by atoms with van der Waals surface area (Å²) in [4.78, 5) is 15.9. The molecule has 1 N–H and O–H groups in total. The maximum atomic E-state index is 12.8. The van der Waals surface area contributed by atoms with E-state index in [0.29, 0.717) is 5.92 Å². The number of carbonyl (C=O) groups is 1. The predicted molar refractivity (Wildman–Crippen MR) is 103 cm³/mol. The van der Waals surface area contributed by atoms with Crippen LogP contribution in [0.1, 0.15) is 31.1 Å². The topological polar surface area (TPSA) is 58.6 Å². The highest BCUT2D eigenvalue weighted by atomic mass is 32.2. The smallest absolute Gasteiger partial charge is 0.178 e. The molecule has 0 bridgehead atoms. The van der Waals surface area contributed by atoms with Crippen molar-refractivity contribution in [2.75, 3.05) is 5.75 Å². The lowest BCUT2D eigenvalue weighted by molar-refractivity contribution is 0.0995. The minimum absolute atomic E-state index is 0.115. The molecule has 0 radical (unpaired) electrons. The van der Waals surface area contributed by atoms with E-state index in [1.54, 1.807) is 29.3 Å². The minimum Gasteiger partial charge on any atom is -0.360 e. The van der Waals surface area contributed by atoms with Gasteiger partial charge in [-0.15, -0.1) is 10.2 Å². The van der Waals surface area contributed by atoms with Crippen molar-refractivity contribution in [2.45, 2.75) is 34.7 Å². The number of fused-ring (bicyclic) bond motifs is 1. The average Bonchev–Trinajstić information content (AvgIpc) is 3.18. The van der Waals surface area contributed by atoms with E-state index in [0.717, 1.165) is 30.9 Å². The normalized spacial score (nSPS) is 12.8. The van der Waals surface area contributed by atoms with Gasteiger partial charge in [-0.1, -0.05) is 66.9 Å². The summed E-state index contributed by atoms with van der Waals surface area (Å²) in [5.74, 6) is 1.77. The van der Waals surface area contributed by atoms with E-state index in [9.17, 15) is 4.79 Å². The predicted octanol–water partition coefficient (Wildman–Crippen LogP) is 5.13. The molecule has 0 aliphatic rings. The lowest BCUT2D eigenvalue weighted by Crippen LogP contribution is -2.12. The zero-order chi connectivity index (χ0) is 17.1. The monoisotopic (exact) mass is 377 g/mol. The van der Waals surface area contributed by atoms with Gasteiger partial charge in [0.25, 0.3) is 0 Å². The van der Waals surface area contributed by atoms with E-state index >= 15 is 0 Å². The zero-order valence-electron chi connectivity index (χ0n) is 13.8. The number of benzene rings is 1.